The number of fused-ring (bicyclic) bond motifs is 1. The number of piperidine rings is 1. The first kappa shape index (κ1) is 31.7. The molecular formula is C28H46N4O8S. The minimum atomic E-state index is -4.96. The summed E-state index contributed by atoms with van der Waals surface area (Å²) in [5.41, 5.74) is -3.30. The van der Waals surface area contributed by atoms with Crippen LogP contribution in [0.15, 0.2) is 0 Å². The van der Waals surface area contributed by atoms with Crippen molar-refractivity contribution in [3.05, 3.63) is 0 Å². The lowest BCUT2D eigenvalue weighted by Crippen LogP contribution is -2.60. The van der Waals surface area contributed by atoms with Crippen molar-refractivity contribution in [3.63, 3.8) is 0 Å². The van der Waals surface area contributed by atoms with E-state index in [2.05, 4.69) is 16.0 Å². The van der Waals surface area contributed by atoms with E-state index >= 15 is 0 Å². The van der Waals surface area contributed by atoms with Gasteiger partial charge in [0.1, 0.15) is 12.1 Å². The summed E-state index contributed by atoms with van der Waals surface area (Å²) >= 11 is 0. The lowest BCUT2D eigenvalue weighted by atomic mass is 9.82. The molecule has 12 nitrogen and oxygen atoms in total. The fourth-order valence-corrected chi connectivity index (χ4v) is 7.69. The maximum atomic E-state index is 14.2. The summed E-state index contributed by atoms with van der Waals surface area (Å²) in [5, 5.41) is 18.7. The number of hydrogen-bond donors (Lipinski definition) is 5. The zero-order valence-electron chi connectivity index (χ0n) is 24.7. The van der Waals surface area contributed by atoms with Crippen molar-refractivity contribution >= 4 is 33.7 Å². The van der Waals surface area contributed by atoms with E-state index in [9.17, 15) is 37.3 Å². The Morgan fingerprint density at radius 1 is 1.10 bits per heavy atom. The summed E-state index contributed by atoms with van der Waals surface area (Å²) in [6.07, 6.45) is 4.74. The molecular weight excluding hydrogens is 552 g/mol. The third-order valence-corrected chi connectivity index (χ3v) is 10.7. The molecule has 4 aliphatic rings. The molecule has 0 bridgehead atoms. The molecule has 13 heteroatoms. The van der Waals surface area contributed by atoms with Crippen LogP contribution in [0.2, 0.25) is 0 Å². The normalized spacial score (nSPS) is 30.1. The van der Waals surface area contributed by atoms with Gasteiger partial charge < -0.3 is 26.0 Å². The van der Waals surface area contributed by atoms with E-state index < -0.39 is 50.9 Å². The lowest BCUT2D eigenvalue weighted by Gasteiger charge is -2.38. The highest BCUT2D eigenvalue weighted by Crippen LogP contribution is 2.65. The second-order valence-electron chi connectivity index (χ2n) is 14.0. The molecule has 2 saturated carbocycles. The molecule has 4 rings (SSSR count). The van der Waals surface area contributed by atoms with Gasteiger partial charge in [-0.25, -0.2) is 0 Å². The highest BCUT2D eigenvalue weighted by molar-refractivity contribution is 7.86. The van der Waals surface area contributed by atoms with E-state index in [4.69, 9.17) is 0 Å². The zero-order chi connectivity index (χ0) is 30.5. The van der Waals surface area contributed by atoms with Crippen LogP contribution >= 0.6 is 0 Å². The van der Waals surface area contributed by atoms with Gasteiger partial charge in [0.15, 0.2) is 0 Å². The lowest BCUT2D eigenvalue weighted by molar-refractivity contribution is -0.146. The van der Waals surface area contributed by atoms with Gasteiger partial charge in [-0.05, 0) is 48.9 Å². The van der Waals surface area contributed by atoms with Crippen molar-refractivity contribution < 1.29 is 37.3 Å². The van der Waals surface area contributed by atoms with Crippen LogP contribution in [0.4, 0.5) is 0 Å². The first-order valence-corrected chi connectivity index (χ1v) is 16.3. The third-order valence-electron chi connectivity index (χ3n) is 9.79. The van der Waals surface area contributed by atoms with Gasteiger partial charge in [-0.3, -0.25) is 23.7 Å². The quantitative estimate of drug-likeness (QED) is 0.242. The monoisotopic (exact) mass is 598 g/mol. The van der Waals surface area contributed by atoms with Gasteiger partial charge in [-0.15, -0.1) is 0 Å². The number of carbonyl (C=O) groups is 4. The van der Waals surface area contributed by atoms with Gasteiger partial charge in [0.25, 0.3) is 10.1 Å². The minimum Gasteiger partial charge on any atom is -0.374 e. The van der Waals surface area contributed by atoms with E-state index in [1.54, 1.807) is 20.8 Å². The maximum Gasteiger partial charge on any atom is 0.294 e. The SMILES string of the molecule is CC(C)(C)C(=O)N[C@H](C(=O)N1C[C@H]2[C@@H]([C@H]1C(=O)N[C@@H](C[C@@H]1CCNC1=O)C(O)S(=O)(=O)O)C2(C)C)C1CCCCC1. The Morgan fingerprint density at radius 3 is 2.27 bits per heavy atom. The van der Waals surface area contributed by atoms with Crippen LogP contribution in [0.3, 0.4) is 0 Å². The third kappa shape index (κ3) is 6.56. The van der Waals surface area contributed by atoms with Crippen molar-refractivity contribution in [2.75, 3.05) is 13.1 Å². The topological polar surface area (TPSA) is 182 Å². The van der Waals surface area contributed by atoms with E-state index in [1.165, 1.54) is 4.90 Å². The van der Waals surface area contributed by atoms with E-state index in [1.807, 2.05) is 13.8 Å². The highest BCUT2D eigenvalue weighted by Gasteiger charge is 2.69. The molecule has 0 spiro atoms. The van der Waals surface area contributed by atoms with Gasteiger partial charge in [0, 0.05) is 24.4 Å². The average molecular weight is 599 g/mol. The molecule has 4 amide bonds. The predicted molar refractivity (Wildman–Crippen MR) is 149 cm³/mol. The van der Waals surface area contributed by atoms with E-state index in [0.29, 0.717) is 19.5 Å². The van der Waals surface area contributed by atoms with Gasteiger partial charge >= 0.3 is 0 Å². The molecule has 1 unspecified atom stereocenters. The Hall–Kier alpha value is -2.25. The van der Waals surface area contributed by atoms with Crippen molar-refractivity contribution in [3.8, 4) is 0 Å². The number of likely N-dealkylation sites (tertiary alicyclic amines) is 1. The summed E-state index contributed by atoms with van der Waals surface area (Å²) < 4.78 is 33.3. The molecule has 41 heavy (non-hydrogen) atoms. The first-order valence-electron chi connectivity index (χ1n) is 14.8. The molecule has 0 aromatic heterocycles. The Kier molecular flexibility index (Phi) is 8.84. The molecule has 4 fully saturated rings. The largest absolute Gasteiger partial charge is 0.374 e. The summed E-state index contributed by atoms with van der Waals surface area (Å²) in [7, 11) is -4.96. The summed E-state index contributed by atoms with van der Waals surface area (Å²) in [6.45, 7) is 10.1. The number of nitrogens with one attached hydrogen (secondary N) is 3. The van der Waals surface area contributed by atoms with E-state index in [0.717, 1.165) is 32.1 Å². The molecule has 2 saturated heterocycles. The number of rotatable bonds is 9. The Labute approximate surface area is 242 Å². The standard InChI is InChI=1S/C28H46N4O8S/c1-27(2,3)26(37)31-20(15-9-7-6-8-10-15)24(35)32-14-17-19(28(17,4)5)21(32)23(34)30-18(25(36)41(38,39)40)13-16-11-12-29-22(16)33/h15-21,25,36H,6-14H2,1-5H3,(H,29,33)(H,30,34)(H,31,37)(H,38,39,40)/t16-,17-,18-,19-,20-,21-,25?/m0/s1. The second-order valence-corrected chi connectivity index (χ2v) is 15.5. The zero-order valence-corrected chi connectivity index (χ0v) is 25.5. The molecule has 0 aromatic rings. The smallest absolute Gasteiger partial charge is 0.294 e. The van der Waals surface area contributed by atoms with Crippen molar-refractivity contribution in [2.45, 2.75) is 103 Å². The van der Waals surface area contributed by atoms with Crippen LogP contribution in [0.5, 0.6) is 0 Å². The van der Waals surface area contributed by atoms with Crippen LogP contribution in [-0.4, -0.2) is 83.3 Å². The first-order chi connectivity index (χ1) is 18.9. The van der Waals surface area contributed by atoms with E-state index in [-0.39, 0.29) is 47.3 Å². The molecule has 0 radical (unpaired) electrons. The van der Waals surface area contributed by atoms with Gasteiger partial charge in [0.2, 0.25) is 29.1 Å². The molecule has 2 aliphatic carbocycles. The summed E-state index contributed by atoms with van der Waals surface area (Å²) in [6, 6.07) is -3.20. The van der Waals surface area contributed by atoms with Crippen LogP contribution in [0.25, 0.3) is 0 Å². The van der Waals surface area contributed by atoms with Crippen molar-refractivity contribution in [1.82, 2.24) is 20.9 Å². The number of carbonyl (C=O) groups excluding carboxylic acids is 4. The summed E-state index contributed by atoms with van der Waals surface area (Å²) in [5.74, 6) is -2.42. The molecule has 2 heterocycles. The Morgan fingerprint density at radius 2 is 1.73 bits per heavy atom. The number of amides is 4. The molecule has 0 aromatic carbocycles. The molecule has 7 atom stereocenters. The van der Waals surface area contributed by atoms with Crippen molar-refractivity contribution in [2.24, 2.45) is 34.5 Å². The Balaban J connectivity index is 1.60. The van der Waals surface area contributed by atoms with Gasteiger partial charge in [0.05, 0.1) is 6.04 Å². The predicted octanol–water partition coefficient (Wildman–Crippen LogP) is 0.798. The van der Waals surface area contributed by atoms with Crippen LogP contribution in [-0.2, 0) is 29.3 Å². The highest BCUT2D eigenvalue weighted by atomic mass is 32.2. The number of aliphatic hydroxyl groups excluding tert-OH is 1. The average Bonchev–Trinajstić information content (AvgIpc) is 3.23. The number of nitrogens with zero attached hydrogens (tertiary/aromatic N) is 1. The van der Waals surface area contributed by atoms with Gasteiger partial charge in [-0.1, -0.05) is 53.9 Å². The van der Waals surface area contributed by atoms with Crippen molar-refractivity contribution in [1.29, 1.82) is 0 Å². The maximum absolute atomic E-state index is 14.2. The van der Waals surface area contributed by atoms with Gasteiger partial charge in [-0.2, -0.15) is 8.42 Å². The van der Waals surface area contributed by atoms with Crippen LogP contribution < -0.4 is 16.0 Å². The van der Waals surface area contributed by atoms with Crippen LogP contribution in [0, 0.1) is 34.5 Å². The fraction of sp³-hybridized carbons (Fsp3) is 0.857. The molecule has 5 N–H and O–H groups in total. The number of aliphatic hydroxyl groups is 1. The number of hydrogen-bond acceptors (Lipinski definition) is 7. The second kappa shape index (κ2) is 11.4. The molecule has 232 valence electrons. The van der Waals surface area contributed by atoms with Crippen LogP contribution in [0.1, 0.15) is 79.6 Å². The summed E-state index contributed by atoms with van der Waals surface area (Å²) in [4.78, 5) is 54.8. The minimum absolute atomic E-state index is 0.0399. The Bertz CT molecular complexity index is 1160. The molecule has 2 aliphatic heterocycles. The fourth-order valence-electron chi connectivity index (χ4n) is 7.10.